The lowest BCUT2D eigenvalue weighted by atomic mass is 10.2. The number of anilines is 2. The van der Waals surface area contributed by atoms with E-state index in [1.807, 2.05) is 0 Å². The predicted octanol–water partition coefficient (Wildman–Crippen LogP) is -1.25. The van der Waals surface area contributed by atoms with E-state index in [0.29, 0.717) is 11.6 Å². The third-order valence-electron chi connectivity index (χ3n) is 2.26. The Labute approximate surface area is 74.2 Å². The molecule has 1 fully saturated rings. The molecule has 13 heavy (non-hydrogen) atoms. The normalized spacial score (nSPS) is 31.1. The molecule has 1 aromatic heterocycles. The second kappa shape index (κ2) is 2.57. The maximum atomic E-state index is 4.59. The highest BCUT2D eigenvalue weighted by atomic mass is 16.6. The van der Waals surface area contributed by atoms with Gasteiger partial charge < -0.3 is 10.6 Å². The molecule has 1 aromatic rings. The van der Waals surface area contributed by atoms with E-state index in [0.717, 1.165) is 13.1 Å². The van der Waals surface area contributed by atoms with Crippen LogP contribution in [-0.4, -0.2) is 35.7 Å². The summed E-state index contributed by atoms with van der Waals surface area (Å²) in [6.07, 6.45) is 0.293. The summed E-state index contributed by atoms with van der Waals surface area (Å²) in [5, 5.41) is 20.4. The lowest BCUT2D eigenvalue weighted by Gasteiger charge is -2.37. The number of fused-ring (bicyclic) bond motifs is 2. The van der Waals surface area contributed by atoms with Crippen molar-refractivity contribution < 1.29 is 4.63 Å². The summed E-state index contributed by atoms with van der Waals surface area (Å²) in [5.41, 5.74) is 0. The first-order valence-corrected chi connectivity index (χ1v) is 4.26. The van der Waals surface area contributed by atoms with Gasteiger partial charge in [-0.1, -0.05) is 0 Å². The number of aromatic nitrogens is 2. The van der Waals surface area contributed by atoms with Crippen LogP contribution in [-0.2, 0) is 0 Å². The van der Waals surface area contributed by atoms with E-state index in [-0.39, 0.29) is 12.3 Å². The van der Waals surface area contributed by atoms with Crippen molar-refractivity contribution in [1.82, 2.24) is 20.9 Å². The van der Waals surface area contributed by atoms with E-state index >= 15 is 0 Å². The fourth-order valence-corrected chi connectivity index (χ4v) is 1.63. The van der Waals surface area contributed by atoms with Gasteiger partial charge in [-0.25, -0.2) is 4.63 Å². The van der Waals surface area contributed by atoms with Gasteiger partial charge in [0.25, 0.3) is 0 Å². The zero-order valence-electron chi connectivity index (χ0n) is 6.87. The Morgan fingerprint density at radius 1 is 1.00 bits per heavy atom. The molecular weight excluding hydrogens is 172 g/mol. The lowest BCUT2D eigenvalue weighted by Crippen LogP contribution is -2.64. The van der Waals surface area contributed by atoms with Crippen LogP contribution in [0.2, 0.25) is 0 Å². The van der Waals surface area contributed by atoms with E-state index in [4.69, 9.17) is 0 Å². The predicted molar refractivity (Wildman–Crippen MR) is 45.1 cm³/mol. The van der Waals surface area contributed by atoms with Gasteiger partial charge in [0.05, 0.1) is 0 Å². The molecule has 0 aliphatic carbocycles. The Balaban J connectivity index is 1.89. The first-order valence-electron chi connectivity index (χ1n) is 4.26. The van der Waals surface area contributed by atoms with Crippen LogP contribution in [0.3, 0.4) is 0 Å². The van der Waals surface area contributed by atoms with Crippen LogP contribution in [0, 0.1) is 0 Å². The third kappa shape index (κ3) is 1.04. The minimum absolute atomic E-state index is 0.146. The summed E-state index contributed by atoms with van der Waals surface area (Å²) >= 11 is 0. The molecule has 0 aromatic carbocycles. The monoisotopic (exact) mass is 182 g/mol. The van der Waals surface area contributed by atoms with Crippen LogP contribution in [0.1, 0.15) is 0 Å². The summed E-state index contributed by atoms with van der Waals surface area (Å²) in [6, 6.07) is 0. The molecule has 0 radical (unpaired) electrons. The molecule has 2 aliphatic heterocycles. The highest BCUT2D eigenvalue weighted by Crippen LogP contribution is 2.22. The quantitative estimate of drug-likeness (QED) is 0.399. The van der Waals surface area contributed by atoms with Crippen molar-refractivity contribution in [3.8, 4) is 0 Å². The molecular formula is C6H10N6O. The van der Waals surface area contributed by atoms with E-state index in [9.17, 15) is 0 Å². The standard InChI is InChI=1S/C6H10N6O/c1-2-8-4-3(7-1)9-5-6(10-4)12-13-11-5/h3-4,7-8H,1-2H2,(H,9,11)(H,10,12)/t3-,4+. The molecule has 7 nitrogen and oxygen atoms in total. The van der Waals surface area contributed by atoms with Gasteiger partial charge in [0.1, 0.15) is 12.3 Å². The highest BCUT2D eigenvalue weighted by Gasteiger charge is 2.31. The van der Waals surface area contributed by atoms with Crippen molar-refractivity contribution in [2.24, 2.45) is 0 Å². The van der Waals surface area contributed by atoms with Crippen LogP contribution in [0.25, 0.3) is 0 Å². The molecule has 3 heterocycles. The van der Waals surface area contributed by atoms with E-state index in [2.05, 4.69) is 36.2 Å². The molecule has 7 heteroatoms. The number of rotatable bonds is 0. The second-order valence-corrected chi connectivity index (χ2v) is 3.11. The Bertz CT molecular complexity index is 283. The maximum absolute atomic E-state index is 4.59. The van der Waals surface area contributed by atoms with Gasteiger partial charge in [0.2, 0.25) is 11.6 Å². The van der Waals surface area contributed by atoms with Crippen LogP contribution >= 0.6 is 0 Å². The zero-order valence-corrected chi connectivity index (χ0v) is 6.87. The smallest absolute Gasteiger partial charge is 0.216 e. The minimum Gasteiger partial charge on any atom is -0.346 e. The number of nitrogens with zero attached hydrogens (tertiary/aromatic N) is 2. The summed E-state index contributed by atoms with van der Waals surface area (Å²) in [5.74, 6) is 1.33. The number of nitrogens with one attached hydrogen (secondary N) is 4. The van der Waals surface area contributed by atoms with Gasteiger partial charge >= 0.3 is 0 Å². The fourth-order valence-electron chi connectivity index (χ4n) is 1.63. The van der Waals surface area contributed by atoms with Crippen LogP contribution in [0.15, 0.2) is 4.63 Å². The summed E-state index contributed by atoms with van der Waals surface area (Å²) in [6.45, 7) is 1.88. The van der Waals surface area contributed by atoms with Crippen molar-refractivity contribution in [2.45, 2.75) is 12.3 Å². The minimum atomic E-state index is 0.146. The fraction of sp³-hybridized carbons (Fsp3) is 0.667. The van der Waals surface area contributed by atoms with Gasteiger partial charge in [-0.05, 0) is 10.3 Å². The van der Waals surface area contributed by atoms with Crippen LogP contribution in [0.5, 0.6) is 0 Å². The molecule has 70 valence electrons. The number of hydrogen-bond donors (Lipinski definition) is 4. The third-order valence-corrected chi connectivity index (χ3v) is 2.26. The van der Waals surface area contributed by atoms with Gasteiger partial charge in [0, 0.05) is 13.1 Å². The molecule has 4 N–H and O–H groups in total. The lowest BCUT2D eigenvalue weighted by molar-refractivity contribution is 0.310. The van der Waals surface area contributed by atoms with E-state index in [1.54, 1.807) is 0 Å². The second-order valence-electron chi connectivity index (χ2n) is 3.11. The van der Waals surface area contributed by atoms with E-state index in [1.165, 1.54) is 0 Å². The van der Waals surface area contributed by atoms with Gasteiger partial charge in [-0.2, -0.15) is 0 Å². The molecule has 0 unspecified atom stereocenters. The van der Waals surface area contributed by atoms with E-state index < -0.39 is 0 Å². The Morgan fingerprint density at radius 3 is 2.08 bits per heavy atom. The van der Waals surface area contributed by atoms with Gasteiger partial charge in [-0.3, -0.25) is 10.6 Å². The topological polar surface area (TPSA) is 87.0 Å². The molecule has 2 atom stereocenters. The van der Waals surface area contributed by atoms with Crippen LogP contribution < -0.4 is 21.3 Å². The summed E-state index contributed by atoms with van der Waals surface area (Å²) in [4.78, 5) is 0. The van der Waals surface area contributed by atoms with Crippen molar-refractivity contribution in [3.63, 3.8) is 0 Å². The number of hydrogen-bond acceptors (Lipinski definition) is 7. The van der Waals surface area contributed by atoms with Crippen molar-refractivity contribution >= 4 is 11.6 Å². The molecule has 0 amide bonds. The van der Waals surface area contributed by atoms with Gasteiger partial charge in [-0.15, -0.1) is 0 Å². The van der Waals surface area contributed by atoms with Gasteiger partial charge in [0.15, 0.2) is 0 Å². The summed E-state index contributed by atoms with van der Waals surface area (Å²) in [7, 11) is 0. The molecule has 0 spiro atoms. The number of piperazine rings is 1. The average Bonchev–Trinajstić information content (AvgIpc) is 2.61. The molecule has 0 saturated carbocycles. The molecule has 2 aliphatic rings. The molecule has 3 rings (SSSR count). The Morgan fingerprint density at radius 2 is 1.54 bits per heavy atom. The first kappa shape index (κ1) is 7.10. The van der Waals surface area contributed by atoms with Crippen molar-refractivity contribution in [3.05, 3.63) is 0 Å². The average molecular weight is 182 g/mol. The summed E-state index contributed by atoms with van der Waals surface area (Å²) < 4.78 is 4.59. The first-order chi connectivity index (χ1) is 6.43. The van der Waals surface area contributed by atoms with Crippen LogP contribution in [0.4, 0.5) is 11.6 Å². The SMILES string of the molecule is C1CN[C@H]2Nc3nonc3N[C@H]2N1. The Hall–Kier alpha value is -1.34. The van der Waals surface area contributed by atoms with Crippen molar-refractivity contribution in [1.29, 1.82) is 0 Å². The molecule has 1 saturated heterocycles. The zero-order chi connectivity index (χ0) is 8.67. The highest BCUT2D eigenvalue weighted by molar-refractivity contribution is 5.61. The maximum Gasteiger partial charge on any atom is 0.216 e. The molecule has 0 bridgehead atoms. The largest absolute Gasteiger partial charge is 0.346 e. The van der Waals surface area contributed by atoms with Crippen molar-refractivity contribution in [2.75, 3.05) is 23.7 Å². The Kier molecular flexibility index (Phi) is 1.41.